The van der Waals surface area contributed by atoms with Gasteiger partial charge >= 0.3 is 0 Å². The molecule has 8 atom stereocenters. The van der Waals surface area contributed by atoms with E-state index in [1.165, 1.54) is 63.5 Å². The summed E-state index contributed by atoms with van der Waals surface area (Å²) in [5, 5.41) is 5.38. The van der Waals surface area contributed by atoms with Crippen molar-refractivity contribution in [2.75, 3.05) is 0 Å². The molecular formula is C28H37FN2O. The van der Waals surface area contributed by atoms with Gasteiger partial charge in [0.1, 0.15) is 5.82 Å². The number of Topliss-reactive ketones (excluding diaryl/α,β-unsaturated/α-hetero) is 1. The Morgan fingerprint density at radius 2 is 1.94 bits per heavy atom. The first kappa shape index (κ1) is 20.9. The maximum absolute atomic E-state index is 13.5. The topological polar surface area (TPSA) is 34.9 Å². The van der Waals surface area contributed by atoms with Crippen LogP contribution in [0.5, 0.6) is 0 Å². The molecule has 0 aliphatic heterocycles. The third-order valence-corrected chi connectivity index (χ3v) is 10.4. The van der Waals surface area contributed by atoms with E-state index in [9.17, 15) is 9.18 Å². The Balaban J connectivity index is 1.19. The first-order valence-electron chi connectivity index (χ1n) is 13.1. The zero-order valence-electron chi connectivity index (χ0n) is 19.6. The second-order valence-electron chi connectivity index (χ2n) is 12.0. The van der Waals surface area contributed by atoms with Gasteiger partial charge in [0.15, 0.2) is 5.78 Å². The highest BCUT2D eigenvalue weighted by Crippen LogP contribution is 2.64. The number of ketones is 1. The molecule has 3 nitrogen and oxygen atoms in total. The quantitative estimate of drug-likeness (QED) is 0.540. The number of halogens is 1. The van der Waals surface area contributed by atoms with Gasteiger partial charge in [-0.3, -0.25) is 9.48 Å². The number of hydrogen-bond acceptors (Lipinski definition) is 2. The van der Waals surface area contributed by atoms with Gasteiger partial charge in [0.05, 0.1) is 12.1 Å². The van der Waals surface area contributed by atoms with Gasteiger partial charge in [-0.1, -0.05) is 20.3 Å². The van der Waals surface area contributed by atoms with Gasteiger partial charge in [0, 0.05) is 23.6 Å². The lowest BCUT2D eigenvalue weighted by Gasteiger charge is -2.56. The molecule has 2 aromatic rings. The Hall–Kier alpha value is -1.71. The molecule has 4 aliphatic carbocycles. The third-order valence-electron chi connectivity index (χ3n) is 10.4. The van der Waals surface area contributed by atoms with E-state index in [2.05, 4.69) is 18.9 Å². The van der Waals surface area contributed by atoms with Crippen LogP contribution >= 0.6 is 0 Å². The highest BCUT2D eigenvalue weighted by atomic mass is 19.1. The van der Waals surface area contributed by atoms with Gasteiger partial charge in [-0.25, -0.2) is 4.39 Å². The average Bonchev–Trinajstić information content (AvgIpc) is 3.32. The van der Waals surface area contributed by atoms with Crippen molar-refractivity contribution < 1.29 is 9.18 Å². The molecule has 32 heavy (non-hydrogen) atoms. The van der Waals surface area contributed by atoms with Crippen LogP contribution in [0.4, 0.5) is 4.39 Å². The van der Waals surface area contributed by atoms with Gasteiger partial charge in [-0.15, -0.1) is 0 Å². The van der Waals surface area contributed by atoms with E-state index >= 15 is 0 Å². The first-order chi connectivity index (χ1) is 15.4. The van der Waals surface area contributed by atoms with Crippen molar-refractivity contribution in [1.29, 1.82) is 0 Å². The Labute approximate surface area is 191 Å². The van der Waals surface area contributed by atoms with E-state index in [0.717, 1.165) is 47.3 Å². The van der Waals surface area contributed by atoms with Crippen molar-refractivity contribution in [3.8, 4) is 0 Å². The van der Waals surface area contributed by atoms with Gasteiger partial charge < -0.3 is 0 Å². The van der Waals surface area contributed by atoms with E-state index in [1.807, 2.05) is 6.20 Å². The van der Waals surface area contributed by atoms with Crippen LogP contribution in [-0.2, 0) is 11.3 Å². The number of rotatable bonds is 3. The van der Waals surface area contributed by atoms with Crippen molar-refractivity contribution in [3.05, 3.63) is 30.2 Å². The van der Waals surface area contributed by atoms with Crippen LogP contribution in [0.2, 0.25) is 0 Å². The number of carbonyl (C=O) groups is 1. The second kappa shape index (κ2) is 7.67. The molecule has 0 N–H and O–H groups in total. The zero-order chi connectivity index (χ0) is 22.0. The van der Waals surface area contributed by atoms with Crippen LogP contribution in [0.25, 0.3) is 10.9 Å². The average molecular weight is 437 g/mol. The summed E-state index contributed by atoms with van der Waals surface area (Å²) >= 11 is 0. The number of carbonyl (C=O) groups excluding carboxylic acids is 1. The lowest BCUT2D eigenvalue weighted by Crippen LogP contribution is -2.49. The largest absolute Gasteiger partial charge is 0.297 e. The van der Waals surface area contributed by atoms with Crippen molar-refractivity contribution >= 4 is 16.7 Å². The van der Waals surface area contributed by atoms with Gasteiger partial charge in [0.2, 0.25) is 0 Å². The summed E-state index contributed by atoms with van der Waals surface area (Å²) in [5.41, 5.74) is 0.790. The van der Waals surface area contributed by atoms with E-state index < -0.39 is 0 Å². The summed E-state index contributed by atoms with van der Waals surface area (Å²) in [7, 11) is 0. The lowest BCUT2D eigenvalue weighted by atomic mass is 9.49. The molecule has 4 heteroatoms. The molecule has 6 rings (SSSR count). The maximum Gasteiger partial charge on any atom is 0.157 e. The molecule has 4 aliphatic rings. The second-order valence-corrected chi connectivity index (χ2v) is 12.0. The number of benzene rings is 1. The Bertz CT molecular complexity index is 1030. The molecule has 1 aromatic carbocycles. The highest BCUT2D eigenvalue weighted by molar-refractivity contribution is 5.83. The smallest absolute Gasteiger partial charge is 0.157 e. The lowest BCUT2D eigenvalue weighted by molar-refractivity contribution is -0.131. The summed E-state index contributed by atoms with van der Waals surface area (Å²) in [6.45, 7) is 5.21. The van der Waals surface area contributed by atoms with Crippen LogP contribution in [0.3, 0.4) is 0 Å². The monoisotopic (exact) mass is 436 g/mol. The molecule has 4 fully saturated rings. The molecule has 172 valence electrons. The fourth-order valence-corrected chi connectivity index (χ4v) is 9.01. The predicted octanol–water partition coefficient (Wildman–Crippen LogP) is 6.65. The minimum absolute atomic E-state index is 0.154. The predicted molar refractivity (Wildman–Crippen MR) is 124 cm³/mol. The number of hydrogen-bond donors (Lipinski definition) is 0. The minimum Gasteiger partial charge on any atom is -0.297 e. The van der Waals surface area contributed by atoms with Gasteiger partial charge in [0.25, 0.3) is 0 Å². The fourth-order valence-electron chi connectivity index (χ4n) is 9.01. The van der Waals surface area contributed by atoms with E-state index in [0.29, 0.717) is 17.8 Å². The van der Waals surface area contributed by atoms with Crippen molar-refractivity contribution in [3.63, 3.8) is 0 Å². The van der Waals surface area contributed by atoms with Gasteiger partial charge in [-0.2, -0.15) is 5.10 Å². The van der Waals surface area contributed by atoms with Crippen LogP contribution in [-0.4, -0.2) is 15.6 Å². The fraction of sp³-hybridized carbons (Fsp3) is 0.714. The number of fused-ring (bicyclic) bond motifs is 6. The molecule has 0 spiro atoms. The van der Waals surface area contributed by atoms with Crippen molar-refractivity contribution in [2.45, 2.75) is 78.2 Å². The van der Waals surface area contributed by atoms with Crippen molar-refractivity contribution in [2.24, 2.45) is 46.8 Å². The third kappa shape index (κ3) is 3.27. The highest BCUT2D eigenvalue weighted by Gasteiger charge is 2.58. The molecule has 0 saturated heterocycles. The van der Waals surface area contributed by atoms with Crippen LogP contribution in [0.1, 0.15) is 71.6 Å². The van der Waals surface area contributed by atoms with Crippen LogP contribution in [0, 0.1) is 52.7 Å². The van der Waals surface area contributed by atoms with Crippen LogP contribution < -0.4 is 0 Å². The summed E-state index contributed by atoms with van der Waals surface area (Å²) in [6.07, 6.45) is 13.9. The van der Waals surface area contributed by atoms with E-state index in [4.69, 9.17) is 0 Å². The first-order valence-corrected chi connectivity index (χ1v) is 13.1. The maximum atomic E-state index is 13.5. The van der Waals surface area contributed by atoms with E-state index in [1.54, 1.807) is 10.7 Å². The molecule has 2 unspecified atom stereocenters. The summed E-state index contributed by atoms with van der Waals surface area (Å²) in [4.78, 5) is 13.5. The molecule has 0 bridgehead atoms. The Kier molecular flexibility index (Phi) is 5.00. The number of aromatic nitrogens is 2. The summed E-state index contributed by atoms with van der Waals surface area (Å²) in [6, 6.07) is 4.65. The normalized spacial score (nSPS) is 41.2. The molecule has 0 radical (unpaired) electrons. The molecule has 4 saturated carbocycles. The molecular weight excluding hydrogens is 399 g/mol. The van der Waals surface area contributed by atoms with Crippen LogP contribution in [0.15, 0.2) is 24.4 Å². The Morgan fingerprint density at radius 1 is 1.09 bits per heavy atom. The van der Waals surface area contributed by atoms with Crippen molar-refractivity contribution in [1.82, 2.24) is 9.78 Å². The summed E-state index contributed by atoms with van der Waals surface area (Å²) < 4.78 is 15.3. The van der Waals surface area contributed by atoms with E-state index in [-0.39, 0.29) is 17.2 Å². The molecule has 1 aromatic heterocycles. The number of nitrogens with zero attached hydrogens (tertiary/aromatic N) is 2. The minimum atomic E-state index is -0.279. The molecule has 1 heterocycles. The SMILES string of the molecule is C[C@H]1CC[C@@H]2C3CC[C@@]4(C)C(CC[C@@H]4C(=O)Cn4cc5ccc(F)cc5n4)[C@@H]3CC[C@@H]2C1. The Morgan fingerprint density at radius 3 is 2.81 bits per heavy atom. The zero-order valence-corrected chi connectivity index (χ0v) is 19.6. The molecule has 0 amide bonds. The summed E-state index contributed by atoms with van der Waals surface area (Å²) in [5.74, 6) is 5.55. The standard InChI is InChI=1S/C28H37FN2O/c1-17-3-7-21-18(13-17)5-8-23-22(21)11-12-28(2)24(23)9-10-25(28)27(32)16-31-15-19-4-6-20(29)14-26(19)30-31/h4,6,14-15,17-18,21-25H,3,5,7-13,16H2,1-2H3/t17-,18+,21-,22?,23+,24?,25+,28-/m0/s1. The van der Waals surface area contributed by atoms with Gasteiger partial charge in [-0.05, 0) is 104 Å².